The zero-order valence-electron chi connectivity index (χ0n) is 34.1. The Morgan fingerprint density at radius 3 is 1.51 bits per heavy atom. The lowest BCUT2D eigenvalue weighted by molar-refractivity contribution is 0.723. The van der Waals surface area contributed by atoms with Crippen LogP contribution >= 0.6 is 11.8 Å². The molecule has 0 saturated carbocycles. The first-order chi connectivity index (χ1) is 31.2. The van der Waals surface area contributed by atoms with Gasteiger partial charge in [0.15, 0.2) is 17.5 Å². The number of rotatable bonds is 5. The monoisotopic (exact) mass is 819 g/mol. The van der Waals surface area contributed by atoms with Crippen LogP contribution in [0.15, 0.2) is 228 Å². The van der Waals surface area contributed by atoms with Crippen LogP contribution in [-0.4, -0.2) is 15.0 Å². The molecule has 1 aliphatic heterocycles. The van der Waals surface area contributed by atoms with Crippen LogP contribution in [-0.2, 0) is 5.41 Å². The highest BCUT2D eigenvalue weighted by Gasteiger charge is 2.51. The minimum absolute atomic E-state index is 0.101. The van der Waals surface area contributed by atoms with Crippen LogP contribution in [0.2, 0.25) is 0 Å². The zero-order valence-corrected chi connectivity index (χ0v) is 34.9. The first kappa shape index (κ1) is 36.0. The van der Waals surface area contributed by atoms with Crippen molar-refractivity contribution in [3.05, 3.63) is 257 Å². The van der Waals surface area contributed by atoms with Gasteiger partial charge in [0, 0.05) is 32.4 Å². The van der Waals surface area contributed by atoms with Gasteiger partial charge in [-0.2, -0.15) is 0 Å². The van der Waals surface area contributed by atoms with Crippen LogP contribution in [0.4, 0.5) is 0 Å². The van der Waals surface area contributed by atoms with E-state index in [0.717, 1.165) is 22.3 Å². The Kier molecular flexibility index (Phi) is 8.12. The molecule has 9 aromatic carbocycles. The summed E-state index contributed by atoms with van der Waals surface area (Å²) in [6.45, 7) is 0. The van der Waals surface area contributed by atoms with Crippen LogP contribution < -0.4 is 0 Å². The van der Waals surface area contributed by atoms with Crippen molar-refractivity contribution in [3.8, 4) is 67.5 Å². The van der Waals surface area contributed by atoms with Gasteiger partial charge in [-0.25, -0.2) is 15.0 Å². The number of nitrogens with zero attached hydrogens (tertiary/aromatic N) is 3. The molecule has 10 aromatic rings. The normalized spacial score (nSPS) is 13.7. The molecule has 4 heteroatoms. The van der Waals surface area contributed by atoms with E-state index in [9.17, 15) is 0 Å². The van der Waals surface area contributed by atoms with Gasteiger partial charge in [-0.3, -0.25) is 0 Å². The Balaban J connectivity index is 1.05. The Morgan fingerprint density at radius 1 is 0.333 bits per heavy atom. The Bertz CT molecular complexity index is 3360. The van der Waals surface area contributed by atoms with Crippen LogP contribution in [0, 0.1) is 0 Å². The number of benzene rings is 9. The van der Waals surface area contributed by atoms with Gasteiger partial charge in [-0.05, 0) is 90.5 Å². The predicted octanol–water partition coefficient (Wildman–Crippen LogP) is 14.5. The second-order valence-electron chi connectivity index (χ2n) is 16.6. The largest absolute Gasteiger partial charge is 0.208 e. The van der Waals surface area contributed by atoms with Gasteiger partial charge in [-0.15, -0.1) is 0 Å². The van der Waals surface area contributed by atoms with E-state index in [-0.39, 0.29) is 5.92 Å². The third-order valence-electron chi connectivity index (χ3n) is 13.3. The maximum atomic E-state index is 5.52. The molecule has 0 unspecified atom stereocenters. The minimum atomic E-state index is -0.589. The standard InChI is InChI=1S/C59H37N3S/c1-2-16-37(17-3-1)38-32-34-39(35-33-38)56-60-57(41-19-14-18-40(36-41)54-45-23-6-4-20-42(45)43-21-5-7-24-46(43)54)62-58(61-56)48-26-15-25-47-44-22-8-9-27-49(44)59(55(47)48)50-28-10-12-30-52(50)63-53-31-13-11-29-51(53)59/h1-36,54H. The van der Waals surface area contributed by atoms with Crippen molar-refractivity contribution in [1.82, 2.24) is 15.0 Å². The summed E-state index contributed by atoms with van der Waals surface area (Å²) in [4.78, 5) is 18.8. The summed E-state index contributed by atoms with van der Waals surface area (Å²) >= 11 is 1.86. The molecule has 13 rings (SSSR count). The van der Waals surface area contributed by atoms with Gasteiger partial charge >= 0.3 is 0 Å². The van der Waals surface area contributed by atoms with E-state index in [4.69, 9.17) is 15.0 Å². The number of fused-ring (bicyclic) bond motifs is 12. The molecule has 0 saturated heterocycles. The number of hydrogen-bond acceptors (Lipinski definition) is 4. The molecule has 2 aliphatic carbocycles. The molecule has 294 valence electrons. The van der Waals surface area contributed by atoms with E-state index in [1.807, 2.05) is 11.8 Å². The molecule has 0 atom stereocenters. The van der Waals surface area contributed by atoms with Gasteiger partial charge in [-0.1, -0.05) is 212 Å². The summed E-state index contributed by atoms with van der Waals surface area (Å²) in [5, 5.41) is 0. The number of aromatic nitrogens is 3. The van der Waals surface area contributed by atoms with Crippen LogP contribution in [0.25, 0.3) is 67.5 Å². The average molecular weight is 820 g/mol. The van der Waals surface area contributed by atoms with Crippen molar-refractivity contribution >= 4 is 11.8 Å². The third kappa shape index (κ3) is 5.45. The summed E-state index contributed by atoms with van der Waals surface area (Å²) in [6.07, 6.45) is 0. The molecule has 0 N–H and O–H groups in total. The molecule has 1 aromatic heterocycles. The van der Waals surface area contributed by atoms with Crippen LogP contribution in [0.1, 0.15) is 44.9 Å². The van der Waals surface area contributed by atoms with E-state index in [1.165, 1.54) is 76.6 Å². The van der Waals surface area contributed by atoms with Crippen LogP contribution in [0.5, 0.6) is 0 Å². The van der Waals surface area contributed by atoms with Crippen molar-refractivity contribution in [2.75, 3.05) is 0 Å². The van der Waals surface area contributed by atoms with E-state index in [0.29, 0.717) is 17.5 Å². The SMILES string of the molecule is c1ccc(-c2ccc(-c3nc(-c4cccc(C5c6ccccc6-c6ccccc65)c4)nc(-c4cccc5c4C4(c6ccccc6Sc6ccccc64)c4ccccc4-5)n3)cc2)cc1. The highest BCUT2D eigenvalue weighted by atomic mass is 32.2. The highest BCUT2D eigenvalue weighted by Crippen LogP contribution is 2.63. The van der Waals surface area contributed by atoms with Crippen molar-refractivity contribution in [2.45, 2.75) is 21.1 Å². The van der Waals surface area contributed by atoms with E-state index in [1.54, 1.807) is 0 Å². The van der Waals surface area contributed by atoms with Crippen molar-refractivity contribution in [3.63, 3.8) is 0 Å². The van der Waals surface area contributed by atoms with Gasteiger partial charge < -0.3 is 0 Å². The maximum Gasteiger partial charge on any atom is 0.164 e. The van der Waals surface area contributed by atoms with Gasteiger partial charge in [0.25, 0.3) is 0 Å². The van der Waals surface area contributed by atoms with Crippen molar-refractivity contribution in [2.24, 2.45) is 0 Å². The molecule has 3 aliphatic rings. The van der Waals surface area contributed by atoms with Gasteiger partial charge in [0.2, 0.25) is 0 Å². The smallest absolute Gasteiger partial charge is 0.164 e. The molecule has 0 amide bonds. The third-order valence-corrected chi connectivity index (χ3v) is 14.5. The summed E-state index contributed by atoms with van der Waals surface area (Å²) in [6, 6.07) is 79.1. The lowest BCUT2D eigenvalue weighted by Crippen LogP contribution is -2.32. The van der Waals surface area contributed by atoms with Gasteiger partial charge in [0.05, 0.1) is 5.41 Å². The second-order valence-corrected chi connectivity index (χ2v) is 17.7. The molecule has 0 fully saturated rings. The summed E-state index contributed by atoms with van der Waals surface area (Å²) in [7, 11) is 0. The molecule has 2 heterocycles. The molecule has 3 nitrogen and oxygen atoms in total. The second kappa shape index (κ2) is 14.2. The molecular weight excluding hydrogens is 783 g/mol. The lowest BCUT2D eigenvalue weighted by Gasteiger charge is -2.40. The Hall–Kier alpha value is -7.66. The van der Waals surface area contributed by atoms with Crippen molar-refractivity contribution < 1.29 is 0 Å². The predicted molar refractivity (Wildman–Crippen MR) is 256 cm³/mol. The zero-order chi connectivity index (χ0) is 41.5. The van der Waals surface area contributed by atoms with Crippen molar-refractivity contribution in [1.29, 1.82) is 0 Å². The van der Waals surface area contributed by atoms with Crippen LogP contribution in [0.3, 0.4) is 0 Å². The minimum Gasteiger partial charge on any atom is -0.208 e. The Labute approximate surface area is 370 Å². The molecule has 63 heavy (non-hydrogen) atoms. The summed E-state index contributed by atoms with van der Waals surface area (Å²) < 4.78 is 0. The molecule has 0 radical (unpaired) electrons. The van der Waals surface area contributed by atoms with E-state index < -0.39 is 5.41 Å². The first-order valence-corrected chi connectivity index (χ1v) is 22.4. The lowest BCUT2D eigenvalue weighted by atomic mass is 9.66. The van der Waals surface area contributed by atoms with E-state index in [2.05, 4.69) is 218 Å². The maximum absolute atomic E-state index is 5.52. The average Bonchev–Trinajstić information content (AvgIpc) is 3.85. The number of hydrogen-bond donors (Lipinski definition) is 0. The molecule has 0 bridgehead atoms. The van der Waals surface area contributed by atoms with E-state index >= 15 is 0 Å². The highest BCUT2D eigenvalue weighted by molar-refractivity contribution is 7.99. The molecule has 1 spiro atoms. The fraction of sp³-hybridized carbons (Fsp3) is 0.0339. The summed E-state index contributed by atoms with van der Waals surface area (Å²) in [5.74, 6) is 2.04. The topological polar surface area (TPSA) is 38.7 Å². The molecular formula is C59H37N3S. The fourth-order valence-electron chi connectivity index (χ4n) is 10.7. The first-order valence-electron chi connectivity index (χ1n) is 21.6. The van der Waals surface area contributed by atoms with Gasteiger partial charge in [0.1, 0.15) is 0 Å². The Morgan fingerprint density at radius 2 is 0.810 bits per heavy atom. The fourth-order valence-corrected chi connectivity index (χ4v) is 11.9. The summed E-state index contributed by atoms with van der Waals surface area (Å²) in [5.41, 5.74) is 18.6. The quantitative estimate of drug-likeness (QED) is 0.173.